The van der Waals surface area contributed by atoms with Crippen molar-refractivity contribution in [2.45, 2.75) is 20.8 Å². The van der Waals surface area contributed by atoms with Crippen molar-refractivity contribution < 1.29 is 4.79 Å². The first-order valence-corrected chi connectivity index (χ1v) is 8.49. The minimum absolute atomic E-state index is 0.131. The van der Waals surface area contributed by atoms with Crippen LogP contribution in [0.1, 0.15) is 16.7 Å². The van der Waals surface area contributed by atoms with Crippen LogP contribution in [0.15, 0.2) is 42.7 Å². The topological polar surface area (TPSA) is 73.9 Å². The smallest absolute Gasteiger partial charge is 0.246 e. The molecule has 134 valence electrons. The van der Waals surface area contributed by atoms with Gasteiger partial charge in [0.1, 0.15) is 0 Å². The fourth-order valence-electron chi connectivity index (χ4n) is 3.28. The number of aryl methyl sites for hydroxylation is 3. The zero-order valence-corrected chi connectivity index (χ0v) is 15.5. The highest BCUT2D eigenvalue weighted by molar-refractivity contribution is 5.93. The molecule has 2 aromatic heterocycles. The van der Waals surface area contributed by atoms with Crippen LogP contribution in [0.25, 0.3) is 11.4 Å². The lowest BCUT2D eigenvalue weighted by atomic mass is 10.0. The number of imidazole rings is 1. The number of rotatable bonds is 5. The molecule has 1 amide bonds. The molecular formula is C20H23N5O. The summed E-state index contributed by atoms with van der Waals surface area (Å²) in [7, 11) is 1.92. The Hall–Kier alpha value is -3.15. The lowest BCUT2D eigenvalue weighted by Crippen LogP contribution is -2.31. The molecule has 0 atom stereocenters. The number of aromatic nitrogens is 3. The number of nitrogens with zero attached hydrogens (tertiary/aromatic N) is 3. The van der Waals surface area contributed by atoms with Crippen LogP contribution in [0, 0.1) is 20.8 Å². The minimum atomic E-state index is -0.131. The fourth-order valence-corrected chi connectivity index (χ4v) is 3.28. The zero-order valence-electron chi connectivity index (χ0n) is 15.5. The van der Waals surface area contributed by atoms with Gasteiger partial charge in [-0.2, -0.15) is 0 Å². The van der Waals surface area contributed by atoms with Crippen molar-refractivity contribution in [3.05, 3.63) is 59.4 Å². The number of hydrogen-bond donors (Lipinski definition) is 2. The number of H-pyrrole nitrogens is 1. The Kier molecular flexibility index (Phi) is 5.02. The third-order valence-corrected chi connectivity index (χ3v) is 4.17. The fraction of sp³-hybridized carbons (Fsp3) is 0.250. The Labute approximate surface area is 153 Å². The molecule has 0 saturated heterocycles. The molecule has 0 radical (unpaired) electrons. The van der Waals surface area contributed by atoms with E-state index in [1.54, 1.807) is 12.4 Å². The van der Waals surface area contributed by atoms with Gasteiger partial charge in [0.25, 0.3) is 0 Å². The van der Waals surface area contributed by atoms with Crippen molar-refractivity contribution in [2.75, 3.05) is 23.8 Å². The summed E-state index contributed by atoms with van der Waals surface area (Å²) in [5.74, 6) is 0.287. The van der Waals surface area contributed by atoms with Gasteiger partial charge in [0, 0.05) is 18.9 Å². The number of likely N-dealkylation sites (N-methyl/N-ethyl adjacent to an activating group) is 1. The van der Waals surface area contributed by atoms with E-state index in [2.05, 4.69) is 53.2 Å². The highest BCUT2D eigenvalue weighted by Crippen LogP contribution is 2.25. The largest absolute Gasteiger partial charge is 0.365 e. The van der Waals surface area contributed by atoms with Gasteiger partial charge in [-0.05, 0) is 44.0 Å². The summed E-state index contributed by atoms with van der Waals surface area (Å²) in [6, 6.07) is 9.90. The molecular weight excluding hydrogens is 326 g/mol. The molecule has 6 nitrogen and oxygen atoms in total. The second-order valence-corrected chi connectivity index (χ2v) is 6.51. The molecule has 0 aliphatic heterocycles. The molecule has 6 heteroatoms. The summed E-state index contributed by atoms with van der Waals surface area (Å²) >= 11 is 0. The van der Waals surface area contributed by atoms with Crippen LogP contribution in [-0.2, 0) is 4.79 Å². The summed E-state index contributed by atoms with van der Waals surface area (Å²) in [6.45, 7) is 6.45. The maximum Gasteiger partial charge on any atom is 0.246 e. The number of amides is 1. The molecule has 0 spiro atoms. The van der Waals surface area contributed by atoms with E-state index >= 15 is 0 Å². The summed E-state index contributed by atoms with van der Waals surface area (Å²) in [6.07, 6.45) is 3.38. The van der Waals surface area contributed by atoms with Crippen LogP contribution < -0.4 is 10.2 Å². The lowest BCUT2D eigenvalue weighted by Gasteiger charge is -2.23. The lowest BCUT2D eigenvalue weighted by molar-refractivity contribution is -0.115. The van der Waals surface area contributed by atoms with Crippen molar-refractivity contribution in [2.24, 2.45) is 0 Å². The molecule has 2 heterocycles. The first-order valence-electron chi connectivity index (χ1n) is 8.49. The molecule has 3 aromatic rings. The van der Waals surface area contributed by atoms with Gasteiger partial charge < -0.3 is 9.88 Å². The number of anilines is 2. The average Bonchev–Trinajstić information content (AvgIpc) is 3.03. The van der Waals surface area contributed by atoms with Crippen LogP contribution in [-0.4, -0.2) is 34.5 Å². The van der Waals surface area contributed by atoms with Gasteiger partial charge in [0.15, 0.2) is 0 Å². The number of carbonyl (C=O) groups is 1. The van der Waals surface area contributed by atoms with Crippen molar-refractivity contribution in [1.29, 1.82) is 0 Å². The Morgan fingerprint density at radius 3 is 2.54 bits per heavy atom. The number of aromatic amines is 1. The molecule has 0 saturated carbocycles. The number of benzene rings is 1. The highest BCUT2D eigenvalue weighted by Gasteiger charge is 2.14. The minimum Gasteiger partial charge on any atom is -0.365 e. The summed E-state index contributed by atoms with van der Waals surface area (Å²) in [5.41, 5.74) is 6.17. The maximum atomic E-state index is 12.4. The van der Waals surface area contributed by atoms with Gasteiger partial charge >= 0.3 is 0 Å². The van der Waals surface area contributed by atoms with Gasteiger partial charge in [0.2, 0.25) is 11.9 Å². The SMILES string of the molecule is Cc1cc(C)c(N(C)CC(=O)Nc2ncc(-c3ccccn3)[nH]2)c(C)c1. The van der Waals surface area contributed by atoms with Crippen LogP contribution >= 0.6 is 0 Å². The zero-order chi connectivity index (χ0) is 18.7. The molecule has 3 rings (SSSR count). The number of pyridine rings is 1. The molecule has 1 aromatic carbocycles. The van der Waals surface area contributed by atoms with Crippen LogP contribution in [0.2, 0.25) is 0 Å². The third-order valence-electron chi connectivity index (χ3n) is 4.17. The average molecular weight is 349 g/mol. The number of carbonyl (C=O) groups excluding carboxylic acids is 1. The third kappa shape index (κ3) is 3.91. The van der Waals surface area contributed by atoms with E-state index in [1.807, 2.05) is 30.1 Å². The summed E-state index contributed by atoms with van der Waals surface area (Å²) in [5, 5.41) is 2.81. The molecule has 26 heavy (non-hydrogen) atoms. The van der Waals surface area contributed by atoms with E-state index in [0.29, 0.717) is 5.95 Å². The second-order valence-electron chi connectivity index (χ2n) is 6.51. The normalized spacial score (nSPS) is 10.6. The van der Waals surface area contributed by atoms with Crippen molar-refractivity contribution in [1.82, 2.24) is 15.0 Å². The molecule has 0 fully saturated rings. The predicted octanol–water partition coefficient (Wildman–Crippen LogP) is 3.47. The van der Waals surface area contributed by atoms with Gasteiger partial charge in [-0.1, -0.05) is 23.8 Å². The van der Waals surface area contributed by atoms with Gasteiger partial charge in [-0.25, -0.2) is 4.98 Å². The van der Waals surface area contributed by atoms with Gasteiger partial charge in [-0.15, -0.1) is 0 Å². The van der Waals surface area contributed by atoms with Crippen molar-refractivity contribution in [3.63, 3.8) is 0 Å². The maximum absolute atomic E-state index is 12.4. The number of hydrogen-bond acceptors (Lipinski definition) is 4. The van der Waals surface area contributed by atoms with E-state index in [4.69, 9.17) is 0 Å². The van der Waals surface area contributed by atoms with Gasteiger partial charge in [-0.3, -0.25) is 15.1 Å². The predicted molar refractivity (Wildman–Crippen MR) is 104 cm³/mol. The Bertz CT molecular complexity index is 894. The molecule has 0 aliphatic carbocycles. The molecule has 2 N–H and O–H groups in total. The Balaban J connectivity index is 1.67. The van der Waals surface area contributed by atoms with E-state index < -0.39 is 0 Å². The van der Waals surface area contributed by atoms with E-state index in [9.17, 15) is 4.79 Å². The van der Waals surface area contributed by atoms with E-state index in [1.165, 1.54) is 5.56 Å². The Morgan fingerprint density at radius 1 is 1.15 bits per heavy atom. The van der Waals surface area contributed by atoms with E-state index in [-0.39, 0.29) is 12.5 Å². The molecule has 0 bridgehead atoms. The second kappa shape index (κ2) is 7.39. The molecule has 0 unspecified atom stereocenters. The monoisotopic (exact) mass is 349 g/mol. The standard InChI is InChI=1S/C20H23N5O/c1-13-9-14(2)19(15(3)10-13)25(4)12-18(26)24-20-22-11-17(23-20)16-7-5-6-8-21-16/h5-11H,12H2,1-4H3,(H2,22,23,24,26). The van der Waals surface area contributed by atoms with Crippen LogP contribution in [0.5, 0.6) is 0 Å². The van der Waals surface area contributed by atoms with Crippen molar-refractivity contribution >= 4 is 17.5 Å². The van der Waals surface area contributed by atoms with Crippen LogP contribution in [0.4, 0.5) is 11.6 Å². The summed E-state index contributed by atoms with van der Waals surface area (Å²) < 4.78 is 0. The summed E-state index contributed by atoms with van der Waals surface area (Å²) in [4.78, 5) is 25.9. The molecule has 0 aliphatic rings. The van der Waals surface area contributed by atoms with Crippen LogP contribution in [0.3, 0.4) is 0 Å². The quantitative estimate of drug-likeness (QED) is 0.740. The highest BCUT2D eigenvalue weighted by atomic mass is 16.2. The van der Waals surface area contributed by atoms with Crippen molar-refractivity contribution in [3.8, 4) is 11.4 Å². The number of nitrogens with one attached hydrogen (secondary N) is 2. The first-order chi connectivity index (χ1) is 12.4. The van der Waals surface area contributed by atoms with Gasteiger partial charge in [0.05, 0.1) is 24.1 Å². The Morgan fingerprint density at radius 2 is 1.88 bits per heavy atom. The van der Waals surface area contributed by atoms with E-state index in [0.717, 1.165) is 28.2 Å². The first kappa shape index (κ1) is 17.7.